The molecule has 1 atom stereocenters. The minimum atomic E-state index is -0.448. The smallest absolute Gasteiger partial charge is 0.268 e. The Kier molecular flexibility index (Phi) is 8.51. The quantitative estimate of drug-likeness (QED) is 0.412. The van der Waals surface area contributed by atoms with Crippen molar-refractivity contribution in [3.63, 3.8) is 0 Å². The highest BCUT2D eigenvalue weighted by Gasteiger charge is 2.19. The van der Waals surface area contributed by atoms with Crippen LogP contribution in [-0.4, -0.2) is 25.0 Å². The fraction of sp³-hybridized carbons (Fsp3) is 0.259. The first-order valence-corrected chi connectivity index (χ1v) is 11.2. The Labute approximate surface area is 199 Å². The molecule has 0 unspecified atom stereocenters. The van der Waals surface area contributed by atoms with Crippen LogP contribution in [0.15, 0.2) is 71.0 Å². The number of hydrogen-bond donors (Lipinski definition) is 2. The summed E-state index contributed by atoms with van der Waals surface area (Å²) in [5.41, 5.74) is 2.40. The zero-order chi connectivity index (χ0) is 24.5. The molecule has 0 spiro atoms. The van der Waals surface area contributed by atoms with Crippen molar-refractivity contribution in [3.05, 3.63) is 89.0 Å². The van der Waals surface area contributed by atoms with Crippen LogP contribution in [0, 0.1) is 6.92 Å². The average molecular weight is 463 g/mol. The molecule has 0 aliphatic carbocycles. The van der Waals surface area contributed by atoms with Gasteiger partial charge in [-0.05, 0) is 69.7 Å². The molecule has 2 aromatic carbocycles. The van der Waals surface area contributed by atoms with Crippen LogP contribution in [0.5, 0.6) is 11.5 Å². The highest BCUT2D eigenvalue weighted by Crippen LogP contribution is 2.30. The summed E-state index contributed by atoms with van der Waals surface area (Å²) in [7, 11) is 0. The van der Waals surface area contributed by atoms with Gasteiger partial charge in [0.2, 0.25) is 0 Å². The Morgan fingerprint density at radius 2 is 1.71 bits per heavy atom. The van der Waals surface area contributed by atoms with E-state index in [2.05, 4.69) is 10.6 Å². The zero-order valence-electron chi connectivity index (χ0n) is 19.9. The summed E-state index contributed by atoms with van der Waals surface area (Å²) < 4.78 is 16.7. The van der Waals surface area contributed by atoms with Gasteiger partial charge in [-0.1, -0.05) is 23.8 Å². The molecule has 178 valence electrons. The predicted molar refractivity (Wildman–Crippen MR) is 131 cm³/mol. The fourth-order valence-corrected chi connectivity index (χ4v) is 3.27. The van der Waals surface area contributed by atoms with Crippen LogP contribution in [0.2, 0.25) is 0 Å². The van der Waals surface area contributed by atoms with Gasteiger partial charge >= 0.3 is 0 Å². The van der Waals surface area contributed by atoms with Gasteiger partial charge in [-0.25, -0.2) is 0 Å². The van der Waals surface area contributed by atoms with Gasteiger partial charge in [-0.15, -0.1) is 0 Å². The van der Waals surface area contributed by atoms with Crippen molar-refractivity contribution in [1.82, 2.24) is 10.6 Å². The standard InChI is InChI=1S/C27H30N2O5/c1-5-32-24-14-13-21(16-25(24)33-6-2)19(4)28-27(31)23(17-22-8-7-15-34-22)29-26(30)20-11-9-18(3)10-12-20/h7-17,19H,5-6H2,1-4H3,(H,28,31)(H,29,30)/b23-17-/t19-/m0/s1. The van der Waals surface area contributed by atoms with Crippen molar-refractivity contribution in [2.24, 2.45) is 0 Å². The van der Waals surface area contributed by atoms with Gasteiger partial charge in [-0.3, -0.25) is 9.59 Å². The molecule has 0 radical (unpaired) electrons. The van der Waals surface area contributed by atoms with Crippen molar-refractivity contribution in [3.8, 4) is 11.5 Å². The summed E-state index contributed by atoms with van der Waals surface area (Å²) in [6, 6.07) is 15.7. The summed E-state index contributed by atoms with van der Waals surface area (Å²) in [6.07, 6.45) is 3.00. The normalized spacial score (nSPS) is 12.1. The Bertz CT molecular complexity index is 1130. The van der Waals surface area contributed by atoms with Gasteiger partial charge in [0, 0.05) is 11.6 Å². The molecule has 3 aromatic rings. The number of hydrogen-bond acceptors (Lipinski definition) is 5. The number of carbonyl (C=O) groups is 2. The summed E-state index contributed by atoms with van der Waals surface area (Å²) in [5, 5.41) is 5.65. The molecular formula is C27H30N2O5. The van der Waals surface area contributed by atoms with Crippen LogP contribution < -0.4 is 20.1 Å². The molecule has 2 N–H and O–H groups in total. The number of carbonyl (C=O) groups excluding carboxylic acids is 2. The van der Waals surface area contributed by atoms with Crippen molar-refractivity contribution < 1.29 is 23.5 Å². The Balaban J connectivity index is 1.80. The largest absolute Gasteiger partial charge is 0.490 e. The molecule has 2 amide bonds. The lowest BCUT2D eigenvalue weighted by Crippen LogP contribution is -2.36. The van der Waals surface area contributed by atoms with E-state index in [4.69, 9.17) is 13.9 Å². The summed E-state index contributed by atoms with van der Waals surface area (Å²) in [6.45, 7) is 8.62. The van der Waals surface area contributed by atoms with Crippen molar-refractivity contribution in [2.75, 3.05) is 13.2 Å². The molecule has 0 bridgehead atoms. The summed E-state index contributed by atoms with van der Waals surface area (Å²) >= 11 is 0. The lowest BCUT2D eigenvalue weighted by molar-refractivity contribution is -0.118. The van der Waals surface area contributed by atoms with E-state index in [9.17, 15) is 9.59 Å². The number of ether oxygens (including phenoxy) is 2. The molecule has 3 rings (SSSR count). The molecule has 1 heterocycles. The molecule has 7 heteroatoms. The lowest BCUT2D eigenvalue weighted by atomic mass is 10.1. The van der Waals surface area contributed by atoms with Crippen LogP contribution in [0.4, 0.5) is 0 Å². The summed E-state index contributed by atoms with van der Waals surface area (Å²) in [5.74, 6) is 0.871. The molecule has 0 aliphatic rings. The number of aryl methyl sites for hydroxylation is 1. The molecule has 0 saturated heterocycles. The van der Waals surface area contributed by atoms with E-state index >= 15 is 0 Å². The maximum Gasteiger partial charge on any atom is 0.268 e. The second-order valence-corrected chi connectivity index (χ2v) is 7.66. The van der Waals surface area contributed by atoms with Crippen LogP contribution in [0.25, 0.3) is 6.08 Å². The molecule has 0 aliphatic heterocycles. The Morgan fingerprint density at radius 1 is 1.00 bits per heavy atom. The zero-order valence-corrected chi connectivity index (χ0v) is 19.9. The van der Waals surface area contributed by atoms with Crippen LogP contribution in [0.1, 0.15) is 54.1 Å². The summed E-state index contributed by atoms with van der Waals surface area (Å²) in [4.78, 5) is 25.9. The highest BCUT2D eigenvalue weighted by atomic mass is 16.5. The van der Waals surface area contributed by atoms with Crippen LogP contribution in [0.3, 0.4) is 0 Å². The highest BCUT2D eigenvalue weighted by molar-refractivity contribution is 6.05. The third-order valence-corrected chi connectivity index (χ3v) is 5.05. The second-order valence-electron chi connectivity index (χ2n) is 7.66. The number of rotatable bonds is 10. The molecular weight excluding hydrogens is 432 g/mol. The third kappa shape index (κ3) is 6.51. The van der Waals surface area contributed by atoms with E-state index in [1.54, 1.807) is 24.3 Å². The Hall–Kier alpha value is -4.00. The molecule has 1 aromatic heterocycles. The minimum absolute atomic E-state index is 0.0725. The van der Waals surface area contributed by atoms with E-state index in [0.717, 1.165) is 11.1 Å². The Morgan fingerprint density at radius 3 is 2.35 bits per heavy atom. The molecule has 34 heavy (non-hydrogen) atoms. The van der Waals surface area contributed by atoms with Crippen LogP contribution >= 0.6 is 0 Å². The van der Waals surface area contributed by atoms with Gasteiger partial charge in [0.1, 0.15) is 11.5 Å². The first-order chi connectivity index (χ1) is 16.4. The third-order valence-electron chi connectivity index (χ3n) is 5.05. The monoisotopic (exact) mass is 462 g/mol. The van der Waals surface area contributed by atoms with E-state index in [1.807, 2.05) is 58.0 Å². The maximum absolute atomic E-state index is 13.2. The van der Waals surface area contributed by atoms with Crippen molar-refractivity contribution in [1.29, 1.82) is 0 Å². The van der Waals surface area contributed by atoms with E-state index in [0.29, 0.717) is 36.0 Å². The molecule has 0 saturated carbocycles. The number of nitrogens with one attached hydrogen (secondary N) is 2. The van der Waals surface area contributed by atoms with Gasteiger partial charge in [-0.2, -0.15) is 0 Å². The van der Waals surface area contributed by atoms with E-state index in [1.165, 1.54) is 12.3 Å². The first-order valence-electron chi connectivity index (χ1n) is 11.2. The topological polar surface area (TPSA) is 89.8 Å². The second kappa shape index (κ2) is 11.7. The van der Waals surface area contributed by atoms with Crippen LogP contribution in [-0.2, 0) is 4.79 Å². The van der Waals surface area contributed by atoms with Gasteiger partial charge in [0.15, 0.2) is 11.5 Å². The van der Waals surface area contributed by atoms with E-state index < -0.39 is 5.91 Å². The van der Waals surface area contributed by atoms with E-state index in [-0.39, 0.29) is 17.6 Å². The van der Waals surface area contributed by atoms with Gasteiger partial charge in [0.25, 0.3) is 11.8 Å². The first kappa shape index (κ1) is 24.6. The minimum Gasteiger partial charge on any atom is -0.490 e. The fourth-order valence-electron chi connectivity index (χ4n) is 3.27. The molecule has 7 nitrogen and oxygen atoms in total. The number of amides is 2. The van der Waals surface area contributed by atoms with Crippen molar-refractivity contribution >= 4 is 17.9 Å². The predicted octanol–water partition coefficient (Wildman–Crippen LogP) is 5.03. The maximum atomic E-state index is 13.2. The SMILES string of the molecule is CCOc1ccc([C@H](C)NC(=O)/C(=C/c2ccco2)NC(=O)c2ccc(C)cc2)cc1OCC. The molecule has 0 fully saturated rings. The number of benzene rings is 2. The van der Waals surface area contributed by atoms with Gasteiger partial charge < -0.3 is 24.5 Å². The van der Waals surface area contributed by atoms with Crippen molar-refractivity contribution in [2.45, 2.75) is 33.7 Å². The lowest BCUT2D eigenvalue weighted by Gasteiger charge is -2.18. The van der Waals surface area contributed by atoms with Gasteiger partial charge in [0.05, 0.1) is 25.5 Å². The number of furan rings is 1. The average Bonchev–Trinajstić information content (AvgIpc) is 3.33.